The molecule has 0 atom stereocenters. The predicted octanol–water partition coefficient (Wildman–Crippen LogP) is 5.10. The van der Waals surface area contributed by atoms with E-state index >= 15 is 0 Å². The Labute approximate surface area is 117 Å². The third-order valence-corrected chi connectivity index (χ3v) is 4.28. The lowest BCUT2D eigenvalue weighted by Gasteiger charge is -2.08. The fourth-order valence-electron chi connectivity index (χ4n) is 2.18. The van der Waals surface area contributed by atoms with Crippen molar-refractivity contribution in [1.29, 1.82) is 0 Å². The number of benzene rings is 2. The molecule has 1 heterocycles. The van der Waals surface area contributed by atoms with Gasteiger partial charge in [-0.25, -0.2) is 0 Å². The van der Waals surface area contributed by atoms with Crippen molar-refractivity contribution in [3.63, 3.8) is 0 Å². The van der Waals surface area contributed by atoms with Crippen LogP contribution in [0.25, 0.3) is 10.1 Å². The summed E-state index contributed by atoms with van der Waals surface area (Å²) < 4.78 is 7.26. The first kappa shape index (κ1) is 12.2. The molecule has 0 radical (unpaired) electrons. The van der Waals surface area contributed by atoms with Gasteiger partial charge in [-0.15, -0.1) is 11.3 Å². The van der Waals surface area contributed by atoms with Crippen LogP contribution in [0.15, 0.2) is 47.8 Å². The maximum absolute atomic E-state index is 5.93. The van der Waals surface area contributed by atoms with E-state index in [0.717, 1.165) is 5.75 Å². The molecule has 1 aromatic heterocycles. The smallest absolute Gasteiger partial charge is 0.122 e. The van der Waals surface area contributed by atoms with Crippen molar-refractivity contribution in [3.8, 4) is 5.75 Å². The Hall–Kier alpha value is -1.80. The van der Waals surface area contributed by atoms with Gasteiger partial charge >= 0.3 is 0 Å². The molecule has 19 heavy (non-hydrogen) atoms. The Morgan fingerprint density at radius 1 is 1.05 bits per heavy atom. The maximum Gasteiger partial charge on any atom is 0.122 e. The van der Waals surface area contributed by atoms with Gasteiger partial charge in [0, 0.05) is 10.3 Å². The summed E-state index contributed by atoms with van der Waals surface area (Å²) in [6.07, 6.45) is 0. The molecule has 2 aromatic carbocycles. The third-order valence-electron chi connectivity index (χ3n) is 3.29. The molecular weight excluding hydrogens is 252 g/mol. The van der Waals surface area contributed by atoms with Gasteiger partial charge in [0.25, 0.3) is 0 Å². The molecule has 2 heteroatoms. The fraction of sp³-hybridized carbons (Fsp3) is 0.176. The molecule has 0 saturated heterocycles. The molecule has 0 N–H and O–H groups in total. The summed E-state index contributed by atoms with van der Waals surface area (Å²) in [5.74, 6) is 0.967. The van der Waals surface area contributed by atoms with Crippen molar-refractivity contribution in [3.05, 3.63) is 64.5 Å². The van der Waals surface area contributed by atoms with Gasteiger partial charge in [0.15, 0.2) is 0 Å². The van der Waals surface area contributed by atoms with Crippen LogP contribution in [0.3, 0.4) is 0 Å². The van der Waals surface area contributed by atoms with E-state index in [2.05, 4.69) is 43.5 Å². The lowest BCUT2D eigenvalue weighted by atomic mass is 10.1. The van der Waals surface area contributed by atoms with Gasteiger partial charge in [0.1, 0.15) is 12.4 Å². The average Bonchev–Trinajstić information content (AvgIpc) is 2.80. The van der Waals surface area contributed by atoms with Gasteiger partial charge in [0.05, 0.1) is 0 Å². The summed E-state index contributed by atoms with van der Waals surface area (Å²) in [5, 5.41) is 3.51. The Morgan fingerprint density at radius 3 is 2.74 bits per heavy atom. The van der Waals surface area contributed by atoms with E-state index in [9.17, 15) is 0 Å². The summed E-state index contributed by atoms with van der Waals surface area (Å²) in [4.78, 5) is 0. The van der Waals surface area contributed by atoms with Crippen molar-refractivity contribution >= 4 is 21.4 Å². The van der Waals surface area contributed by atoms with Crippen LogP contribution in [0.5, 0.6) is 5.75 Å². The normalized spacial score (nSPS) is 10.8. The van der Waals surface area contributed by atoms with Crippen LogP contribution in [0.2, 0.25) is 0 Å². The molecule has 3 aromatic rings. The molecule has 0 spiro atoms. The zero-order valence-electron chi connectivity index (χ0n) is 11.1. The van der Waals surface area contributed by atoms with Gasteiger partial charge in [-0.1, -0.05) is 30.3 Å². The third kappa shape index (κ3) is 2.49. The summed E-state index contributed by atoms with van der Waals surface area (Å²) >= 11 is 1.79. The van der Waals surface area contributed by atoms with E-state index in [1.165, 1.54) is 26.8 Å². The van der Waals surface area contributed by atoms with Crippen molar-refractivity contribution in [2.75, 3.05) is 0 Å². The summed E-state index contributed by atoms with van der Waals surface area (Å²) in [7, 11) is 0. The lowest BCUT2D eigenvalue weighted by molar-refractivity contribution is 0.306. The number of rotatable bonds is 3. The highest BCUT2D eigenvalue weighted by molar-refractivity contribution is 7.17. The molecule has 0 aliphatic rings. The highest BCUT2D eigenvalue weighted by Gasteiger charge is 2.05. The summed E-state index contributed by atoms with van der Waals surface area (Å²) in [5.41, 5.74) is 3.75. The highest BCUT2D eigenvalue weighted by Crippen LogP contribution is 2.28. The van der Waals surface area contributed by atoms with Crippen molar-refractivity contribution in [1.82, 2.24) is 0 Å². The van der Waals surface area contributed by atoms with Gasteiger partial charge in [-0.3, -0.25) is 0 Å². The minimum Gasteiger partial charge on any atom is -0.489 e. The molecule has 1 nitrogen and oxygen atoms in total. The van der Waals surface area contributed by atoms with E-state index in [4.69, 9.17) is 4.74 Å². The molecule has 0 amide bonds. The van der Waals surface area contributed by atoms with Crippen LogP contribution in [-0.2, 0) is 6.61 Å². The Bertz CT molecular complexity index is 712. The molecule has 3 rings (SSSR count). The van der Waals surface area contributed by atoms with Crippen LogP contribution in [0, 0.1) is 13.8 Å². The Morgan fingerprint density at radius 2 is 1.89 bits per heavy atom. The summed E-state index contributed by atoms with van der Waals surface area (Å²) in [6.45, 7) is 4.83. The standard InChI is InChI=1S/C17H16OS/c1-12-7-8-15-14(11-19-17(15)9-12)10-18-16-6-4-3-5-13(16)2/h3-9,11H,10H2,1-2H3. The van der Waals surface area contributed by atoms with E-state index < -0.39 is 0 Å². The number of fused-ring (bicyclic) bond motifs is 1. The van der Waals surface area contributed by atoms with Crippen molar-refractivity contribution < 1.29 is 4.74 Å². The number of hydrogen-bond donors (Lipinski definition) is 0. The van der Waals surface area contributed by atoms with Gasteiger partial charge in [0.2, 0.25) is 0 Å². The second kappa shape index (κ2) is 5.06. The van der Waals surface area contributed by atoms with Gasteiger partial charge < -0.3 is 4.74 Å². The van der Waals surface area contributed by atoms with E-state index in [-0.39, 0.29) is 0 Å². The van der Waals surface area contributed by atoms with Crippen molar-refractivity contribution in [2.24, 2.45) is 0 Å². The number of para-hydroxylation sites is 1. The number of aryl methyl sites for hydroxylation is 2. The first-order valence-electron chi connectivity index (χ1n) is 6.39. The number of ether oxygens (including phenoxy) is 1. The molecular formula is C17H16OS. The second-order valence-electron chi connectivity index (χ2n) is 4.81. The van der Waals surface area contributed by atoms with Crippen LogP contribution in [0.1, 0.15) is 16.7 Å². The van der Waals surface area contributed by atoms with Crippen LogP contribution in [-0.4, -0.2) is 0 Å². The number of hydrogen-bond acceptors (Lipinski definition) is 2. The number of thiophene rings is 1. The minimum absolute atomic E-state index is 0.633. The quantitative estimate of drug-likeness (QED) is 0.642. The van der Waals surface area contributed by atoms with Gasteiger partial charge in [-0.05, 0) is 47.9 Å². The van der Waals surface area contributed by atoms with E-state index in [1.807, 2.05) is 18.2 Å². The topological polar surface area (TPSA) is 9.23 Å². The maximum atomic E-state index is 5.93. The molecule has 0 saturated carbocycles. The average molecular weight is 268 g/mol. The first-order valence-corrected chi connectivity index (χ1v) is 7.27. The first-order chi connectivity index (χ1) is 9.24. The molecule has 0 aliphatic carbocycles. The molecule has 0 aliphatic heterocycles. The van der Waals surface area contributed by atoms with E-state index in [0.29, 0.717) is 6.61 Å². The van der Waals surface area contributed by atoms with Crippen LogP contribution >= 0.6 is 11.3 Å². The zero-order valence-corrected chi connectivity index (χ0v) is 12.0. The summed E-state index contributed by atoms with van der Waals surface area (Å²) in [6, 6.07) is 14.7. The van der Waals surface area contributed by atoms with Crippen LogP contribution in [0.4, 0.5) is 0 Å². The SMILES string of the molecule is Cc1ccc2c(COc3ccccc3C)csc2c1. The Balaban J connectivity index is 1.84. The second-order valence-corrected chi connectivity index (χ2v) is 5.73. The van der Waals surface area contributed by atoms with Crippen LogP contribution < -0.4 is 4.74 Å². The molecule has 0 bridgehead atoms. The monoisotopic (exact) mass is 268 g/mol. The van der Waals surface area contributed by atoms with E-state index in [1.54, 1.807) is 11.3 Å². The predicted molar refractivity (Wildman–Crippen MR) is 82.1 cm³/mol. The zero-order chi connectivity index (χ0) is 13.2. The largest absolute Gasteiger partial charge is 0.489 e. The molecule has 0 fully saturated rings. The fourth-order valence-corrected chi connectivity index (χ4v) is 3.22. The molecule has 0 unspecified atom stereocenters. The highest BCUT2D eigenvalue weighted by atomic mass is 32.1. The van der Waals surface area contributed by atoms with Crippen molar-refractivity contribution in [2.45, 2.75) is 20.5 Å². The molecule has 96 valence electrons. The van der Waals surface area contributed by atoms with Gasteiger partial charge in [-0.2, -0.15) is 0 Å². The Kier molecular flexibility index (Phi) is 3.26. The lowest BCUT2D eigenvalue weighted by Crippen LogP contribution is -1.95. The minimum atomic E-state index is 0.633.